The zero-order valence-electron chi connectivity index (χ0n) is 9.04. The minimum atomic E-state index is 0.246. The zero-order valence-corrected chi connectivity index (χ0v) is 9.04. The fourth-order valence-corrected chi connectivity index (χ4v) is 2.10. The van der Waals surface area contributed by atoms with E-state index in [1.165, 1.54) is 12.8 Å². The van der Waals surface area contributed by atoms with Gasteiger partial charge in [-0.05, 0) is 18.4 Å². The second-order valence-electron chi connectivity index (χ2n) is 3.78. The Morgan fingerprint density at radius 3 is 2.62 bits per heavy atom. The average molecular weight is 184 g/mol. The van der Waals surface area contributed by atoms with Crippen molar-refractivity contribution in [3.8, 4) is 0 Å². The largest absolute Gasteiger partial charge is 0.501 e. The van der Waals surface area contributed by atoms with Gasteiger partial charge in [-0.1, -0.05) is 20.3 Å². The fourth-order valence-electron chi connectivity index (χ4n) is 2.10. The minimum absolute atomic E-state index is 0.246. The fraction of sp³-hybridized carbons (Fsp3) is 0.818. The van der Waals surface area contributed by atoms with Crippen LogP contribution in [0.2, 0.25) is 0 Å². The van der Waals surface area contributed by atoms with E-state index < -0.39 is 0 Å². The summed E-state index contributed by atoms with van der Waals surface area (Å²) < 4.78 is 10.7. The molecule has 0 aromatic carbocycles. The first-order chi connectivity index (χ1) is 6.22. The summed E-state index contributed by atoms with van der Waals surface area (Å²) in [5.41, 5.74) is 0. The van der Waals surface area contributed by atoms with Crippen LogP contribution in [0.4, 0.5) is 0 Å². The lowest BCUT2D eigenvalue weighted by Crippen LogP contribution is -2.28. The molecule has 2 nitrogen and oxygen atoms in total. The first-order valence-electron chi connectivity index (χ1n) is 5.01. The maximum absolute atomic E-state index is 5.42. The number of methoxy groups -OCH3 is 2. The molecule has 0 bridgehead atoms. The zero-order chi connectivity index (χ0) is 9.84. The van der Waals surface area contributed by atoms with Gasteiger partial charge in [-0.25, -0.2) is 0 Å². The lowest BCUT2D eigenvalue weighted by molar-refractivity contribution is 0.0560. The van der Waals surface area contributed by atoms with Crippen molar-refractivity contribution in [2.75, 3.05) is 14.2 Å². The highest BCUT2D eigenvalue weighted by Crippen LogP contribution is 2.32. The summed E-state index contributed by atoms with van der Waals surface area (Å²) in [5, 5.41) is 0. The predicted molar refractivity (Wildman–Crippen MR) is 53.5 cm³/mol. The predicted octanol–water partition coefficient (Wildman–Crippen LogP) is 2.60. The summed E-state index contributed by atoms with van der Waals surface area (Å²) in [5.74, 6) is 2.27. The first-order valence-corrected chi connectivity index (χ1v) is 5.01. The Labute approximate surface area is 80.9 Å². The van der Waals surface area contributed by atoms with Crippen molar-refractivity contribution >= 4 is 0 Å². The number of hydrogen-bond donors (Lipinski definition) is 0. The van der Waals surface area contributed by atoms with Crippen LogP contribution in [0.25, 0.3) is 0 Å². The molecule has 13 heavy (non-hydrogen) atoms. The quantitative estimate of drug-likeness (QED) is 0.671. The van der Waals surface area contributed by atoms with Crippen molar-refractivity contribution in [3.05, 3.63) is 11.8 Å². The standard InChI is InChI=1S/C11H20O2/c1-5-9-6-8(2)10(12-3)7-11(9)13-4/h7-9,11H,5-6H2,1-4H3. The maximum atomic E-state index is 5.42. The summed E-state index contributed by atoms with van der Waals surface area (Å²) in [6.45, 7) is 4.43. The summed E-state index contributed by atoms with van der Waals surface area (Å²) in [7, 11) is 3.51. The van der Waals surface area contributed by atoms with Crippen molar-refractivity contribution in [2.45, 2.75) is 32.8 Å². The van der Waals surface area contributed by atoms with Gasteiger partial charge in [0.05, 0.1) is 19.0 Å². The smallest absolute Gasteiger partial charge is 0.0969 e. The van der Waals surface area contributed by atoms with E-state index in [1.807, 2.05) is 0 Å². The number of ether oxygens (including phenoxy) is 2. The molecule has 3 atom stereocenters. The van der Waals surface area contributed by atoms with Gasteiger partial charge in [-0.3, -0.25) is 0 Å². The molecule has 0 radical (unpaired) electrons. The van der Waals surface area contributed by atoms with Crippen LogP contribution in [-0.4, -0.2) is 20.3 Å². The van der Waals surface area contributed by atoms with Gasteiger partial charge in [-0.15, -0.1) is 0 Å². The monoisotopic (exact) mass is 184 g/mol. The van der Waals surface area contributed by atoms with Crippen LogP contribution >= 0.6 is 0 Å². The average Bonchev–Trinajstić information content (AvgIpc) is 2.17. The van der Waals surface area contributed by atoms with Crippen LogP contribution in [0, 0.1) is 11.8 Å². The highest BCUT2D eigenvalue weighted by atomic mass is 16.5. The normalized spacial score (nSPS) is 34.2. The molecule has 0 saturated heterocycles. The molecule has 0 saturated carbocycles. The lowest BCUT2D eigenvalue weighted by Gasteiger charge is -2.31. The topological polar surface area (TPSA) is 18.5 Å². The van der Waals surface area contributed by atoms with Crippen molar-refractivity contribution in [2.24, 2.45) is 11.8 Å². The van der Waals surface area contributed by atoms with Gasteiger partial charge in [0.2, 0.25) is 0 Å². The molecule has 0 fully saturated rings. The van der Waals surface area contributed by atoms with Crippen molar-refractivity contribution in [3.63, 3.8) is 0 Å². The van der Waals surface area contributed by atoms with E-state index in [0.29, 0.717) is 11.8 Å². The second kappa shape index (κ2) is 4.66. The highest BCUT2D eigenvalue weighted by molar-refractivity contribution is 5.08. The van der Waals surface area contributed by atoms with Gasteiger partial charge in [0.15, 0.2) is 0 Å². The van der Waals surface area contributed by atoms with Gasteiger partial charge < -0.3 is 9.47 Å². The molecule has 0 amide bonds. The Bertz CT molecular complexity index is 187. The molecular weight excluding hydrogens is 164 g/mol. The van der Waals surface area contributed by atoms with Crippen molar-refractivity contribution in [1.82, 2.24) is 0 Å². The lowest BCUT2D eigenvalue weighted by atomic mass is 9.82. The molecule has 0 aromatic rings. The third kappa shape index (κ3) is 2.25. The molecule has 0 spiro atoms. The molecular formula is C11H20O2. The minimum Gasteiger partial charge on any atom is -0.501 e. The van der Waals surface area contributed by atoms with E-state index in [9.17, 15) is 0 Å². The Morgan fingerprint density at radius 1 is 1.46 bits per heavy atom. The van der Waals surface area contributed by atoms with Crippen molar-refractivity contribution in [1.29, 1.82) is 0 Å². The molecule has 1 rings (SSSR count). The summed E-state index contributed by atoms with van der Waals surface area (Å²) in [6, 6.07) is 0. The molecule has 3 unspecified atom stereocenters. The van der Waals surface area contributed by atoms with Crippen LogP contribution < -0.4 is 0 Å². The summed E-state index contributed by atoms with van der Waals surface area (Å²) in [6.07, 6.45) is 4.73. The van der Waals surface area contributed by atoms with E-state index in [0.717, 1.165) is 5.76 Å². The molecule has 0 aliphatic heterocycles. The molecule has 0 N–H and O–H groups in total. The van der Waals surface area contributed by atoms with E-state index in [4.69, 9.17) is 9.47 Å². The van der Waals surface area contributed by atoms with Crippen LogP contribution in [0.3, 0.4) is 0 Å². The Morgan fingerprint density at radius 2 is 2.15 bits per heavy atom. The van der Waals surface area contributed by atoms with Crippen LogP contribution in [0.1, 0.15) is 26.7 Å². The molecule has 0 aromatic heterocycles. The van der Waals surface area contributed by atoms with E-state index >= 15 is 0 Å². The van der Waals surface area contributed by atoms with Gasteiger partial charge in [-0.2, -0.15) is 0 Å². The van der Waals surface area contributed by atoms with Crippen LogP contribution in [0.5, 0.6) is 0 Å². The highest BCUT2D eigenvalue weighted by Gasteiger charge is 2.28. The summed E-state index contributed by atoms with van der Waals surface area (Å²) in [4.78, 5) is 0. The maximum Gasteiger partial charge on any atom is 0.0969 e. The third-order valence-electron chi connectivity index (χ3n) is 2.97. The molecule has 1 aliphatic rings. The molecule has 76 valence electrons. The Balaban J connectivity index is 2.74. The Hall–Kier alpha value is -0.500. The van der Waals surface area contributed by atoms with Crippen LogP contribution in [0.15, 0.2) is 11.8 Å². The SMILES string of the molecule is CCC1CC(C)C(OC)=CC1OC. The van der Waals surface area contributed by atoms with Gasteiger partial charge in [0.1, 0.15) is 0 Å². The summed E-state index contributed by atoms with van der Waals surface area (Å²) >= 11 is 0. The third-order valence-corrected chi connectivity index (χ3v) is 2.97. The van der Waals surface area contributed by atoms with Gasteiger partial charge in [0.25, 0.3) is 0 Å². The van der Waals surface area contributed by atoms with Gasteiger partial charge in [0, 0.05) is 13.0 Å². The molecule has 0 heterocycles. The number of hydrogen-bond acceptors (Lipinski definition) is 2. The van der Waals surface area contributed by atoms with E-state index in [1.54, 1.807) is 14.2 Å². The Kier molecular flexibility index (Phi) is 3.79. The van der Waals surface area contributed by atoms with Gasteiger partial charge >= 0.3 is 0 Å². The van der Waals surface area contributed by atoms with Crippen LogP contribution in [-0.2, 0) is 9.47 Å². The first kappa shape index (κ1) is 10.6. The number of allylic oxidation sites excluding steroid dienone is 1. The van der Waals surface area contributed by atoms with E-state index in [-0.39, 0.29) is 6.10 Å². The van der Waals surface area contributed by atoms with E-state index in [2.05, 4.69) is 19.9 Å². The molecule has 2 heteroatoms. The number of rotatable bonds is 3. The second-order valence-corrected chi connectivity index (χ2v) is 3.78. The van der Waals surface area contributed by atoms with Crippen molar-refractivity contribution < 1.29 is 9.47 Å². The molecule has 1 aliphatic carbocycles.